The van der Waals surface area contributed by atoms with Crippen LogP contribution in [0.4, 0.5) is 5.69 Å². The van der Waals surface area contributed by atoms with Crippen LogP contribution < -0.4 is 10.7 Å². The second kappa shape index (κ2) is 9.03. The molecule has 2 rings (SSSR count). The Morgan fingerprint density at radius 3 is 2.37 bits per heavy atom. The summed E-state index contributed by atoms with van der Waals surface area (Å²) < 4.78 is 2.16. The number of aromatic nitrogens is 1. The first kappa shape index (κ1) is 20.9. The molecule has 0 unspecified atom stereocenters. The van der Waals surface area contributed by atoms with Crippen molar-refractivity contribution in [1.29, 1.82) is 0 Å². The van der Waals surface area contributed by atoms with Crippen LogP contribution in [0.3, 0.4) is 0 Å². The van der Waals surface area contributed by atoms with Gasteiger partial charge in [0, 0.05) is 29.2 Å². The number of pyridine rings is 1. The fourth-order valence-electron chi connectivity index (χ4n) is 3.74. The summed E-state index contributed by atoms with van der Waals surface area (Å²) >= 11 is 0. The third-order valence-corrected chi connectivity index (χ3v) is 5.37. The van der Waals surface area contributed by atoms with Gasteiger partial charge in [-0.1, -0.05) is 45.4 Å². The van der Waals surface area contributed by atoms with Gasteiger partial charge in [0.25, 0.3) is 5.91 Å². The lowest BCUT2D eigenvalue weighted by Gasteiger charge is -2.21. The molecule has 27 heavy (non-hydrogen) atoms. The van der Waals surface area contributed by atoms with Crippen LogP contribution in [0.25, 0.3) is 0 Å². The Morgan fingerprint density at radius 1 is 1.07 bits per heavy atom. The van der Waals surface area contributed by atoms with Crippen molar-refractivity contribution in [2.24, 2.45) is 0 Å². The third kappa shape index (κ3) is 4.15. The molecule has 1 aromatic heterocycles. The minimum absolute atomic E-state index is 0.152. The lowest BCUT2D eigenvalue weighted by atomic mass is 10.0. The highest BCUT2D eigenvalue weighted by Gasteiger charge is 2.22. The second-order valence-corrected chi connectivity index (χ2v) is 7.14. The zero-order chi connectivity index (χ0) is 20.1. The molecule has 1 heterocycles. The summed E-state index contributed by atoms with van der Waals surface area (Å²) in [6.45, 7) is 12.8. The molecule has 0 atom stereocenters. The molecule has 0 aliphatic heterocycles. The van der Waals surface area contributed by atoms with Crippen molar-refractivity contribution in [3.63, 3.8) is 0 Å². The maximum absolute atomic E-state index is 13.1. The minimum Gasteiger partial charge on any atom is -0.348 e. The smallest absolute Gasteiger partial charge is 0.261 e. The zero-order valence-corrected chi connectivity index (χ0v) is 17.5. The van der Waals surface area contributed by atoms with E-state index in [4.69, 9.17) is 0 Å². The molecule has 4 heteroatoms. The van der Waals surface area contributed by atoms with E-state index in [0.717, 1.165) is 60.4 Å². The van der Waals surface area contributed by atoms with E-state index in [1.54, 1.807) is 0 Å². The molecule has 0 saturated carbocycles. The zero-order valence-electron chi connectivity index (χ0n) is 17.5. The van der Waals surface area contributed by atoms with E-state index in [-0.39, 0.29) is 16.9 Å². The van der Waals surface area contributed by atoms with Crippen LogP contribution >= 0.6 is 0 Å². The molecule has 2 aromatic rings. The van der Waals surface area contributed by atoms with Crippen LogP contribution in [0.1, 0.15) is 72.0 Å². The maximum Gasteiger partial charge on any atom is 0.261 e. The van der Waals surface area contributed by atoms with Crippen LogP contribution in [0.5, 0.6) is 0 Å². The number of carbonyl (C=O) groups is 1. The number of hydrogen-bond acceptors (Lipinski definition) is 2. The van der Waals surface area contributed by atoms with Gasteiger partial charge in [-0.15, -0.1) is 0 Å². The number of anilines is 1. The Kier molecular flexibility index (Phi) is 7.00. The van der Waals surface area contributed by atoms with E-state index >= 15 is 0 Å². The number of aryl methyl sites for hydroxylation is 2. The van der Waals surface area contributed by atoms with Gasteiger partial charge in [0.05, 0.1) is 0 Å². The Balaban J connectivity index is 2.57. The summed E-state index contributed by atoms with van der Waals surface area (Å²) in [6.07, 6.45) is 3.70. The van der Waals surface area contributed by atoms with Crippen LogP contribution in [0, 0.1) is 20.8 Å². The maximum atomic E-state index is 13.1. The monoisotopic (exact) mass is 368 g/mol. The van der Waals surface area contributed by atoms with Crippen molar-refractivity contribution in [1.82, 2.24) is 4.57 Å². The Morgan fingerprint density at radius 2 is 1.78 bits per heavy atom. The van der Waals surface area contributed by atoms with Crippen LogP contribution in [-0.4, -0.2) is 10.5 Å². The highest BCUT2D eigenvalue weighted by molar-refractivity contribution is 6.05. The lowest BCUT2D eigenvalue weighted by Crippen LogP contribution is -2.30. The number of nitrogens with zero attached hydrogens (tertiary/aromatic N) is 1. The van der Waals surface area contributed by atoms with Crippen molar-refractivity contribution in [3.8, 4) is 0 Å². The van der Waals surface area contributed by atoms with E-state index in [2.05, 4.69) is 30.7 Å². The normalized spacial score (nSPS) is 10.9. The average molecular weight is 369 g/mol. The third-order valence-electron chi connectivity index (χ3n) is 5.37. The molecule has 0 bridgehead atoms. The molecule has 1 N–H and O–H groups in total. The highest BCUT2D eigenvalue weighted by atomic mass is 16.2. The van der Waals surface area contributed by atoms with Gasteiger partial charge in [-0.3, -0.25) is 9.59 Å². The lowest BCUT2D eigenvalue weighted by molar-refractivity contribution is 0.102. The number of para-hydroxylation sites is 1. The van der Waals surface area contributed by atoms with Crippen molar-refractivity contribution in [2.75, 3.05) is 5.32 Å². The van der Waals surface area contributed by atoms with Gasteiger partial charge >= 0.3 is 0 Å². The molecule has 0 spiro atoms. The number of unbranched alkanes of at least 4 members (excludes halogenated alkanes) is 1. The summed E-state index contributed by atoms with van der Waals surface area (Å²) in [7, 11) is 0. The molecule has 146 valence electrons. The van der Waals surface area contributed by atoms with Gasteiger partial charge in [0.15, 0.2) is 5.43 Å². The Hall–Kier alpha value is -2.36. The molecule has 1 amide bonds. The van der Waals surface area contributed by atoms with Gasteiger partial charge < -0.3 is 9.88 Å². The van der Waals surface area contributed by atoms with Crippen LogP contribution in [0.2, 0.25) is 0 Å². The van der Waals surface area contributed by atoms with E-state index in [1.165, 1.54) is 0 Å². The average Bonchev–Trinajstić information content (AvgIpc) is 2.65. The first-order valence-corrected chi connectivity index (χ1v) is 9.99. The molecule has 0 aliphatic rings. The Bertz CT molecular complexity index is 894. The van der Waals surface area contributed by atoms with Gasteiger partial charge in [0.1, 0.15) is 5.56 Å². The van der Waals surface area contributed by atoms with E-state index in [0.29, 0.717) is 5.56 Å². The fourth-order valence-corrected chi connectivity index (χ4v) is 3.74. The van der Waals surface area contributed by atoms with E-state index in [9.17, 15) is 9.59 Å². The number of hydrogen-bond donors (Lipinski definition) is 1. The number of rotatable bonds is 7. The van der Waals surface area contributed by atoms with Crippen molar-refractivity contribution >= 4 is 11.6 Å². The number of amides is 1. The molecule has 0 radical (unpaired) electrons. The molecule has 0 fully saturated rings. The van der Waals surface area contributed by atoms with Crippen molar-refractivity contribution < 1.29 is 4.79 Å². The fraction of sp³-hybridized carbons (Fsp3) is 0.478. The predicted molar refractivity (Wildman–Crippen MR) is 113 cm³/mol. The van der Waals surface area contributed by atoms with E-state index < -0.39 is 0 Å². The summed E-state index contributed by atoms with van der Waals surface area (Å²) in [5.74, 6) is -0.308. The first-order valence-electron chi connectivity index (χ1n) is 9.99. The van der Waals surface area contributed by atoms with Crippen molar-refractivity contribution in [3.05, 3.63) is 62.1 Å². The van der Waals surface area contributed by atoms with Crippen LogP contribution in [0.15, 0.2) is 23.0 Å². The van der Waals surface area contributed by atoms with Crippen LogP contribution in [-0.2, 0) is 19.4 Å². The van der Waals surface area contributed by atoms with Gasteiger partial charge in [-0.05, 0) is 51.2 Å². The summed E-state index contributed by atoms with van der Waals surface area (Å²) in [6, 6.07) is 5.99. The SMILES string of the molecule is CCCCn1c(C)c(C(=O)Nc2c(C)cccc2CC)c(=O)c(C)c1CC. The Labute approximate surface area is 162 Å². The summed E-state index contributed by atoms with van der Waals surface area (Å²) in [4.78, 5) is 26.1. The largest absolute Gasteiger partial charge is 0.348 e. The standard InChI is InChI=1S/C23H32N2O2/c1-7-10-14-25-17(6)20(22(26)16(5)19(25)9-3)23(27)24-21-15(4)12-11-13-18(21)8-2/h11-13H,7-10,14H2,1-6H3,(H,24,27). The second-order valence-electron chi connectivity index (χ2n) is 7.14. The molecule has 4 nitrogen and oxygen atoms in total. The molecule has 0 aliphatic carbocycles. The van der Waals surface area contributed by atoms with Gasteiger partial charge in [-0.2, -0.15) is 0 Å². The molecular weight excluding hydrogens is 336 g/mol. The quantitative estimate of drug-likeness (QED) is 0.752. The van der Waals surface area contributed by atoms with E-state index in [1.807, 2.05) is 39.0 Å². The molecular formula is C23H32N2O2. The number of carbonyl (C=O) groups excluding carboxylic acids is 1. The molecule has 0 saturated heterocycles. The molecule has 1 aromatic carbocycles. The van der Waals surface area contributed by atoms with Gasteiger partial charge in [-0.25, -0.2) is 0 Å². The number of benzene rings is 1. The first-order chi connectivity index (χ1) is 12.9. The topological polar surface area (TPSA) is 51.1 Å². The minimum atomic E-state index is -0.308. The summed E-state index contributed by atoms with van der Waals surface area (Å²) in [5.41, 5.74) is 5.51. The highest BCUT2D eigenvalue weighted by Crippen LogP contribution is 2.23. The summed E-state index contributed by atoms with van der Waals surface area (Å²) in [5, 5.41) is 3.02. The number of nitrogens with one attached hydrogen (secondary N) is 1. The van der Waals surface area contributed by atoms with Crippen molar-refractivity contribution in [2.45, 2.75) is 73.8 Å². The predicted octanol–water partition coefficient (Wildman–Crippen LogP) is 4.95. The van der Waals surface area contributed by atoms with Gasteiger partial charge in [0.2, 0.25) is 0 Å².